The summed E-state index contributed by atoms with van der Waals surface area (Å²) in [5, 5.41) is 4.45. The lowest BCUT2D eigenvalue weighted by Gasteiger charge is -2.29. The SMILES string of the molecule is CCOc1cc(N2CCNCC2)nc2ccccc12. The molecule has 0 amide bonds. The van der Waals surface area contributed by atoms with Crippen LogP contribution in [0.15, 0.2) is 30.3 Å². The molecule has 1 aromatic carbocycles. The molecule has 0 bridgehead atoms. The topological polar surface area (TPSA) is 37.4 Å². The maximum atomic E-state index is 5.77. The Kier molecular flexibility index (Phi) is 3.51. The monoisotopic (exact) mass is 257 g/mol. The summed E-state index contributed by atoms with van der Waals surface area (Å²) in [5.41, 5.74) is 1.00. The molecule has 3 rings (SSSR count). The van der Waals surface area contributed by atoms with Gasteiger partial charge in [0.25, 0.3) is 0 Å². The van der Waals surface area contributed by atoms with Gasteiger partial charge >= 0.3 is 0 Å². The lowest BCUT2D eigenvalue weighted by atomic mass is 10.2. The van der Waals surface area contributed by atoms with Crippen LogP contribution in [0, 0.1) is 0 Å². The Morgan fingerprint density at radius 3 is 2.84 bits per heavy atom. The number of rotatable bonds is 3. The summed E-state index contributed by atoms with van der Waals surface area (Å²) in [7, 11) is 0. The lowest BCUT2D eigenvalue weighted by Crippen LogP contribution is -2.43. The van der Waals surface area contributed by atoms with Crippen LogP contribution in [0.4, 0.5) is 5.82 Å². The van der Waals surface area contributed by atoms with Crippen molar-refractivity contribution in [2.75, 3.05) is 37.7 Å². The van der Waals surface area contributed by atoms with Gasteiger partial charge in [0.05, 0.1) is 12.1 Å². The third-order valence-electron chi connectivity index (χ3n) is 3.41. The molecule has 2 heterocycles. The number of pyridine rings is 1. The van der Waals surface area contributed by atoms with E-state index in [0.29, 0.717) is 6.61 Å². The molecule has 4 nitrogen and oxygen atoms in total. The zero-order valence-electron chi connectivity index (χ0n) is 11.2. The van der Waals surface area contributed by atoms with Crippen molar-refractivity contribution in [1.82, 2.24) is 10.3 Å². The van der Waals surface area contributed by atoms with Crippen LogP contribution in [0.1, 0.15) is 6.92 Å². The van der Waals surface area contributed by atoms with E-state index in [1.54, 1.807) is 0 Å². The molecule has 4 heteroatoms. The summed E-state index contributed by atoms with van der Waals surface area (Å²) in [6, 6.07) is 10.2. The second-order valence-corrected chi connectivity index (χ2v) is 4.67. The third kappa shape index (κ3) is 2.49. The number of nitrogens with zero attached hydrogens (tertiary/aromatic N) is 2. The molecule has 100 valence electrons. The van der Waals surface area contributed by atoms with E-state index in [0.717, 1.165) is 48.6 Å². The number of aromatic nitrogens is 1. The highest BCUT2D eigenvalue weighted by atomic mass is 16.5. The van der Waals surface area contributed by atoms with E-state index >= 15 is 0 Å². The van der Waals surface area contributed by atoms with E-state index in [1.165, 1.54) is 0 Å². The van der Waals surface area contributed by atoms with Gasteiger partial charge in [-0.25, -0.2) is 4.98 Å². The van der Waals surface area contributed by atoms with Crippen molar-refractivity contribution in [3.05, 3.63) is 30.3 Å². The van der Waals surface area contributed by atoms with Crippen LogP contribution in [-0.4, -0.2) is 37.8 Å². The molecule has 2 aromatic rings. The van der Waals surface area contributed by atoms with Gasteiger partial charge in [-0.05, 0) is 19.1 Å². The Hall–Kier alpha value is -1.81. The standard InChI is InChI=1S/C15H19N3O/c1-2-19-14-11-15(18-9-7-16-8-10-18)17-13-6-4-3-5-12(13)14/h3-6,11,16H,2,7-10H2,1H3. The highest BCUT2D eigenvalue weighted by Crippen LogP contribution is 2.29. The van der Waals surface area contributed by atoms with Gasteiger partial charge in [-0.3, -0.25) is 0 Å². The molecule has 0 aliphatic carbocycles. The number of anilines is 1. The van der Waals surface area contributed by atoms with Gasteiger partial charge in [0, 0.05) is 37.6 Å². The number of piperazine rings is 1. The van der Waals surface area contributed by atoms with Gasteiger partial charge in [0.1, 0.15) is 11.6 Å². The van der Waals surface area contributed by atoms with Gasteiger partial charge < -0.3 is 15.0 Å². The van der Waals surface area contributed by atoms with E-state index in [2.05, 4.69) is 22.3 Å². The Morgan fingerprint density at radius 2 is 2.05 bits per heavy atom. The zero-order valence-corrected chi connectivity index (χ0v) is 11.2. The molecular weight excluding hydrogens is 238 g/mol. The molecule has 1 fully saturated rings. The first-order valence-electron chi connectivity index (χ1n) is 6.86. The number of ether oxygens (including phenoxy) is 1. The highest BCUT2D eigenvalue weighted by Gasteiger charge is 2.14. The van der Waals surface area contributed by atoms with Crippen molar-refractivity contribution in [3.63, 3.8) is 0 Å². The zero-order chi connectivity index (χ0) is 13.1. The number of fused-ring (bicyclic) bond motifs is 1. The summed E-state index contributed by atoms with van der Waals surface area (Å²) >= 11 is 0. The molecule has 0 atom stereocenters. The summed E-state index contributed by atoms with van der Waals surface area (Å²) in [4.78, 5) is 7.07. The van der Waals surface area contributed by atoms with E-state index in [9.17, 15) is 0 Å². The Bertz CT molecular complexity index is 564. The number of hydrogen-bond acceptors (Lipinski definition) is 4. The second-order valence-electron chi connectivity index (χ2n) is 4.67. The second kappa shape index (κ2) is 5.45. The van der Waals surface area contributed by atoms with Crippen LogP contribution < -0.4 is 15.0 Å². The smallest absolute Gasteiger partial charge is 0.133 e. The maximum Gasteiger partial charge on any atom is 0.133 e. The first-order valence-corrected chi connectivity index (χ1v) is 6.86. The van der Waals surface area contributed by atoms with Crippen LogP contribution in [0.5, 0.6) is 5.75 Å². The Balaban J connectivity index is 2.04. The average molecular weight is 257 g/mol. The minimum absolute atomic E-state index is 0.676. The van der Waals surface area contributed by atoms with E-state index < -0.39 is 0 Å². The van der Waals surface area contributed by atoms with Gasteiger partial charge in [0.15, 0.2) is 0 Å². The van der Waals surface area contributed by atoms with Gasteiger partial charge in [0.2, 0.25) is 0 Å². The fourth-order valence-corrected chi connectivity index (χ4v) is 2.46. The van der Waals surface area contributed by atoms with Crippen LogP contribution in [-0.2, 0) is 0 Å². The number of nitrogens with one attached hydrogen (secondary N) is 1. The summed E-state index contributed by atoms with van der Waals surface area (Å²) in [5.74, 6) is 1.95. The van der Waals surface area contributed by atoms with Gasteiger partial charge in [-0.1, -0.05) is 12.1 Å². The van der Waals surface area contributed by atoms with Crippen LogP contribution in [0.25, 0.3) is 10.9 Å². The summed E-state index contributed by atoms with van der Waals surface area (Å²) in [6.07, 6.45) is 0. The fraction of sp³-hybridized carbons (Fsp3) is 0.400. The van der Waals surface area contributed by atoms with E-state index in [1.807, 2.05) is 25.1 Å². The number of benzene rings is 1. The van der Waals surface area contributed by atoms with Crippen molar-refractivity contribution in [2.24, 2.45) is 0 Å². The minimum Gasteiger partial charge on any atom is -0.493 e. The van der Waals surface area contributed by atoms with Crippen molar-refractivity contribution in [3.8, 4) is 5.75 Å². The van der Waals surface area contributed by atoms with Crippen molar-refractivity contribution in [2.45, 2.75) is 6.92 Å². The van der Waals surface area contributed by atoms with E-state index in [-0.39, 0.29) is 0 Å². The molecule has 0 radical (unpaired) electrons. The van der Waals surface area contributed by atoms with Crippen LogP contribution in [0.2, 0.25) is 0 Å². The normalized spacial score (nSPS) is 15.7. The molecule has 1 N–H and O–H groups in total. The Morgan fingerprint density at radius 1 is 1.26 bits per heavy atom. The lowest BCUT2D eigenvalue weighted by molar-refractivity contribution is 0.344. The average Bonchev–Trinajstić information content (AvgIpc) is 2.48. The quantitative estimate of drug-likeness (QED) is 0.913. The molecular formula is C15H19N3O. The third-order valence-corrected chi connectivity index (χ3v) is 3.41. The fourth-order valence-electron chi connectivity index (χ4n) is 2.46. The van der Waals surface area contributed by atoms with Crippen LogP contribution >= 0.6 is 0 Å². The molecule has 19 heavy (non-hydrogen) atoms. The first kappa shape index (κ1) is 12.2. The molecule has 1 aliphatic heterocycles. The van der Waals surface area contributed by atoms with Crippen molar-refractivity contribution in [1.29, 1.82) is 0 Å². The Labute approximate surface area is 113 Å². The summed E-state index contributed by atoms with van der Waals surface area (Å²) < 4.78 is 5.77. The van der Waals surface area contributed by atoms with Gasteiger partial charge in [-0.15, -0.1) is 0 Å². The largest absolute Gasteiger partial charge is 0.493 e. The molecule has 1 aliphatic rings. The molecule has 0 saturated carbocycles. The molecule has 1 aromatic heterocycles. The van der Waals surface area contributed by atoms with Crippen molar-refractivity contribution < 1.29 is 4.74 Å². The van der Waals surface area contributed by atoms with E-state index in [4.69, 9.17) is 9.72 Å². The molecule has 0 spiro atoms. The van der Waals surface area contributed by atoms with Crippen molar-refractivity contribution >= 4 is 16.7 Å². The molecule has 0 unspecified atom stereocenters. The number of hydrogen-bond donors (Lipinski definition) is 1. The summed E-state index contributed by atoms with van der Waals surface area (Å²) in [6.45, 7) is 6.71. The first-order chi connectivity index (χ1) is 9.38. The van der Waals surface area contributed by atoms with Gasteiger partial charge in [-0.2, -0.15) is 0 Å². The predicted molar refractivity (Wildman–Crippen MR) is 78.0 cm³/mol. The minimum atomic E-state index is 0.676. The highest BCUT2D eigenvalue weighted by molar-refractivity contribution is 5.87. The van der Waals surface area contributed by atoms with Crippen LogP contribution in [0.3, 0.4) is 0 Å². The maximum absolute atomic E-state index is 5.77. The number of para-hydroxylation sites is 1. The molecule has 1 saturated heterocycles. The predicted octanol–water partition coefficient (Wildman–Crippen LogP) is 2.04.